The van der Waals surface area contributed by atoms with E-state index in [0.717, 1.165) is 51.4 Å². The van der Waals surface area contributed by atoms with Crippen LogP contribution in [0.5, 0.6) is 5.75 Å². The number of ether oxygens (including phenoxy) is 1. The molecule has 5 nitrogen and oxygen atoms in total. The van der Waals surface area contributed by atoms with Crippen LogP contribution in [-0.4, -0.2) is 18.0 Å². The zero-order valence-electron chi connectivity index (χ0n) is 17.4. The van der Waals surface area contributed by atoms with Crippen molar-refractivity contribution in [2.75, 3.05) is 12.4 Å². The maximum absolute atomic E-state index is 13.5. The Morgan fingerprint density at radius 3 is 2.57 bits per heavy atom. The van der Waals surface area contributed by atoms with Crippen LogP contribution in [0.25, 0.3) is 0 Å². The number of fused-ring (bicyclic) bond motifs is 1. The van der Waals surface area contributed by atoms with Crippen molar-refractivity contribution >= 4 is 11.7 Å². The number of benzene rings is 2. The van der Waals surface area contributed by atoms with Gasteiger partial charge in [0.2, 0.25) is 5.88 Å². The zero-order valence-corrected chi connectivity index (χ0v) is 17.4. The number of nitrogens with one attached hydrogen (secondary N) is 1. The Kier molecular flexibility index (Phi) is 4.46. The number of carbonyl (C=O) groups excluding carboxylic acids is 1. The maximum Gasteiger partial charge on any atom is 0.233 e. The Balaban J connectivity index is 1.60. The number of rotatable bonds is 3. The molecule has 30 heavy (non-hydrogen) atoms. The van der Waals surface area contributed by atoms with E-state index >= 15 is 0 Å². The summed E-state index contributed by atoms with van der Waals surface area (Å²) >= 11 is 0. The lowest BCUT2D eigenvalue weighted by molar-refractivity contribution is -0.116. The molecule has 2 aromatic carbocycles. The molecule has 5 heteroatoms. The number of nitrogens with zero attached hydrogens (tertiary/aromatic N) is 1. The fraction of sp³-hybridized carbons (Fsp3) is 0.280. The van der Waals surface area contributed by atoms with E-state index in [-0.39, 0.29) is 17.6 Å². The van der Waals surface area contributed by atoms with Crippen molar-refractivity contribution in [1.82, 2.24) is 5.16 Å². The molecule has 0 spiro atoms. The summed E-state index contributed by atoms with van der Waals surface area (Å²) in [6.07, 6.45) is 1.25. The van der Waals surface area contributed by atoms with Crippen LogP contribution >= 0.6 is 0 Å². The van der Waals surface area contributed by atoms with E-state index in [1.807, 2.05) is 43.3 Å². The minimum atomic E-state index is -0.145. The normalized spacial score (nSPS) is 20.4. The van der Waals surface area contributed by atoms with Crippen LogP contribution in [0.2, 0.25) is 0 Å². The van der Waals surface area contributed by atoms with Crippen LogP contribution in [-0.2, 0) is 4.79 Å². The lowest BCUT2D eigenvalue weighted by Gasteiger charge is -2.35. The fourth-order valence-corrected chi connectivity index (χ4v) is 4.81. The first-order valence-corrected chi connectivity index (χ1v) is 10.3. The van der Waals surface area contributed by atoms with Gasteiger partial charge in [-0.3, -0.25) is 4.79 Å². The van der Waals surface area contributed by atoms with Crippen LogP contribution in [0.1, 0.15) is 52.6 Å². The molecule has 0 radical (unpaired) electrons. The molecule has 1 aliphatic heterocycles. The first-order valence-electron chi connectivity index (χ1n) is 10.3. The molecule has 2 aliphatic rings. The van der Waals surface area contributed by atoms with E-state index < -0.39 is 0 Å². The monoisotopic (exact) mass is 400 g/mol. The van der Waals surface area contributed by atoms with Crippen molar-refractivity contribution in [2.45, 2.75) is 38.5 Å². The second kappa shape index (κ2) is 7.17. The predicted octanol–water partition coefficient (Wildman–Crippen LogP) is 5.26. The average molecular weight is 400 g/mol. The summed E-state index contributed by atoms with van der Waals surface area (Å²) < 4.78 is 10.9. The Morgan fingerprint density at radius 2 is 1.83 bits per heavy atom. The predicted molar refractivity (Wildman–Crippen MR) is 115 cm³/mol. The first-order chi connectivity index (χ1) is 14.6. The second-order valence-corrected chi connectivity index (χ2v) is 8.12. The summed E-state index contributed by atoms with van der Waals surface area (Å²) in [5.74, 6) is 1.63. The fourth-order valence-electron chi connectivity index (χ4n) is 4.81. The minimum absolute atomic E-state index is 0.123. The summed E-state index contributed by atoms with van der Waals surface area (Å²) in [5.41, 5.74) is 7.03. The van der Waals surface area contributed by atoms with Crippen LogP contribution < -0.4 is 10.1 Å². The lowest BCUT2D eigenvalue weighted by Crippen LogP contribution is -2.29. The van der Waals surface area contributed by atoms with Crippen molar-refractivity contribution in [3.05, 3.63) is 87.7 Å². The smallest absolute Gasteiger partial charge is 0.233 e. The largest absolute Gasteiger partial charge is 0.497 e. The topological polar surface area (TPSA) is 64.4 Å². The van der Waals surface area contributed by atoms with Gasteiger partial charge in [-0.15, -0.1) is 0 Å². The van der Waals surface area contributed by atoms with Crippen molar-refractivity contribution in [3.8, 4) is 5.75 Å². The van der Waals surface area contributed by atoms with Gasteiger partial charge in [0, 0.05) is 23.6 Å². The van der Waals surface area contributed by atoms with E-state index in [2.05, 4.69) is 29.5 Å². The molecule has 1 aromatic heterocycles. The number of Topliss-reactive ketones (excluding diaryl/α,β-unsaturated/α-hetero) is 1. The number of aryl methyl sites for hydroxylation is 2. The highest BCUT2D eigenvalue weighted by Gasteiger charge is 2.41. The van der Waals surface area contributed by atoms with E-state index in [4.69, 9.17) is 9.26 Å². The number of allylic oxidation sites excluding steroid dienone is 2. The summed E-state index contributed by atoms with van der Waals surface area (Å²) in [5, 5.41) is 7.59. The van der Waals surface area contributed by atoms with Crippen molar-refractivity contribution in [1.29, 1.82) is 0 Å². The number of carbonyl (C=O) groups is 1. The molecule has 0 amide bonds. The Bertz CT molecular complexity index is 1160. The third-order valence-corrected chi connectivity index (χ3v) is 6.34. The number of anilines is 1. The summed E-state index contributed by atoms with van der Waals surface area (Å²) in [6.45, 7) is 4.03. The summed E-state index contributed by atoms with van der Waals surface area (Å²) in [4.78, 5) is 13.5. The van der Waals surface area contributed by atoms with Gasteiger partial charge in [0.1, 0.15) is 5.75 Å². The first kappa shape index (κ1) is 18.7. The number of ketones is 1. The molecule has 0 saturated carbocycles. The number of aromatic nitrogens is 1. The Hall–Kier alpha value is -3.34. The third kappa shape index (κ3) is 2.93. The lowest BCUT2D eigenvalue weighted by atomic mass is 9.72. The molecule has 0 fully saturated rings. The molecule has 2 atom stereocenters. The van der Waals surface area contributed by atoms with Crippen LogP contribution in [0, 0.1) is 13.8 Å². The van der Waals surface area contributed by atoms with Gasteiger partial charge in [0.25, 0.3) is 0 Å². The summed E-state index contributed by atoms with van der Waals surface area (Å²) in [6, 6.07) is 16.3. The summed E-state index contributed by atoms with van der Waals surface area (Å²) in [7, 11) is 1.66. The van der Waals surface area contributed by atoms with Gasteiger partial charge in [-0.25, -0.2) is 0 Å². The molecule has 0 unspecified atom stereocenters. The van der Waals surface area contributed by atoms with Crippen molar-refractivity contribution < 1.29 is 14.1 Å². The van der Waals surface area contributed by atoms with E-state index in [1.54, 1.807) is 7.11 Å². The number of hydrogen-bond acceptors (Lipinski definition) is 5. The van der Waals surface area contributed by atoms with Gasteiger partial charge in [-0.2, -0.15) is 0 Å². The van der Waals surface area contributed by atoms with Gasteiger partial charge in [-0.05, 0) is 55.0 Å². The van der Waals surface area contributed by atoms with Gasteiger partial charge < -0.3 is 14.6 Å². The van der Waals surface area contributed by atoms with Crippen LogP contribution in [0.4, 0.5) is 5.88 Å². The molecule has 3 aromatic rings. The molecule has 152 valence electrons. The van der Waals surface area contributed by atoms with Crippen molar-refractivity contribution in [3.63, 3.8) is 0 Å². The molecule has 0 bridgehead atoms. The van der Waals surface area contributed by atoms with Gasteiger partial charge >= 0.3 is 0 Å². The second-order valence-electron chi connectivity index (χ2n) is 8.12. The molecule has 5 rings (SSSR count). The SMILES string of the molecule is COc1ccc([C@H]2CC(=O)C3=C(C2)Nc2onc(C)c2[C@@H]3c2ccccc2C)cc1. The Morgan fingerprint density at radius 1 is 1.07 bits per heavy atom. The zero-order chi connectivity index (χ0) is 20.8. The standard InChI is InChI=1S/C25H24N2O3/c1-14-6-4-5-7-19(14)23-22-15(2)27-30-25(22)26-20-12-17(13-21(28)24(20)23)16-8-10-18(29-3)11-9-16/h4-11,17,23,26H,12-13H2,1-3H3/t17-,23+/m1/s1. The Labute approximate surface area is 175 Å². The molecule has 0 saturated heterocycles. The molecule has 1 aliphatic carbocycles. The third-order valence-electron chi connectivity index (χ3n) is 6.34. The number of hydrogen-bond donors (Lipinski definition) is 1. The quantitative estimate of drug-likeness (QED) is 0.650. The van der Waals surface area contributed by atoms with Gasteiger partial charge in [0.15, 0.2) is 5.78 Å². The highest BCUT2D eigenvalue weighted by Crippen LogP contribution is 2.49. The van der Waals surface area contributed by atoms with Crippen LogP contribution in [0.15, 0.2) is 64.3 Å². The average Bonchev–Trinajstić information content (AvgIpc) is 3.13. The highest BCUT2D eigenvalue weighted by atomic mass is 16.5. The van der Waals surface area contributed by atoms with Gasteiger partial charge in [0.05, 0.1) is 18.4 Å². The molecule has 2 heterocycles. The van der Waals surface area contributed by atoms with Crippen LogP contribution in [0.3, 0.4) is 0 Å². The highest BCUT2D eigenvalue weighted by molar-refractivity contribution is 6.01. The van der Waals surface area contributed by atoms with E-state index in [1.165, 1.54) is 0 Å². The molecular formula is C25H24N2O3. The maximum atomic E-state index is 13.5. The molecule has 1 N–H and O–H groups in total. The van der Waals surface area contributed by atoms with Gasteiger partial charge in [-0.1, -0.05) is 41.6 Å². The van der Waals surface area contributed by atoms with Crippen molar-refractivity contribution in [2.24, 2.45) is 0 Å². The minimum Gasteiger partial charge on any atom is -0.497 e. The van der Waals surface area contributed by atoms with E-state index in [0.29, 0.717) is 12.3 Å². The number of methoxy groups -OCH3 is 1. The van der Waals surface area contributed by atoms with E-state index in [9.17, 15) is 4.79 Å². The molecular weight excluding hydrogens is 376 g/mol.